The standard InChI is InChI=1S/C20H18F2N4O5S/c21-14-2-1-3-15(22)16(14)19-25-17(18(23)27)20(31-19)24-12-4-6-13(7-5-12)32(28,29)26-8-10-30-11-9-26/h1-7,24H,8-11H2,(H2,23,27). The van der Waals surface area contributed by atoms with E-state index in [4.69, 9.17) is 14.9 Å². The van der Waals surface area contributed by atoms with Gasteiger partial charge in [0.1, 0.15) is 17.2 Å². The summed E-state index contributed by atoms with van der Waals surface area (Å²) in [6.45, 7) is 1.17. The minimum Gasteiger partial charge on any atom is -0.419 e. The van der Waals surface area contributed by atoms with Crippen LogP contribution in [0.5, 0.6) is 0 Å². The fraction of sp³-hybridized carbons (Fsp3) is 0.200. The molecular formula is C20H18F2N4O5S. The van der Waals surface area contributed by atoms with Crippen LogP contribution < -0.4 is 11.1 Å². The smallest absolute Gasteiger partial charge is 0.273 e. The zero-order valence-corrected chi connectivity index (χ0v) is 17.4. The van der Waals surface area contributed by atoms with Crippen LogP contribution in [0.2, 0.25) is 0 Å². The zero-order chi connectivity index (χ0) is 22.9. The number of anilines is 2. The molecule has 0 spiro atoms. The number of carbonyl (C=O) groups excluding carboxylic acids is 1. The van der Waals surface area contributed by atoms with E-state index in [9.17, 15) is 22.0 Å². The summed E-state index contributed by atoms with van der Waals surface area (Å²) in [5.41, 5.74) is 4.74. The molecule has 168 valence electrons. The summed E-state index contributed by atoms with van der Waals surface area (Å²) in [5.74, 6) is -3.54. The molecule has 1 amide bonds. The number of hydrogen-bond donors (Lipinski definition) is 2. The van der Waals surface area contributed by atoms with E-state index in [1.165, 1.54) is 34.6 Å². The fourth-order valence-corrected chi connectivity index (χ4v) is 4.57. The molecule has 0 unspecified atom stereocenters. The van der Waals surface area contributed by atoms with Crippen LogP contribution in [0.4, 0.5) is 20.4 Å². The summed E-state index contributed by atoms with van der Waals surface area (Å²) >= 11 is 0. The number of carbonyl (C=O) groups is 1. The Kier molecular flexibility index (Phi) is 5.91. The molecule has 0 saturated carbocycles. The molecule has 0 atom stereocenters. The van der Waals surface area contributed by atoms with Gasteiger partial charge in [0.05, 0.1) is 18.1 Å². The first-order chi connectivity index (χ1) is 15.3. The third kappa shape index (κ3) is 4.20. The largest absolute Gasteiger partial charge is 0.419 e. The average Bonchev–Trinajstić information content (AvgIpc) is 3.18. The molecule has 0 aliphatic carbocycles. The number of halogens is 2. The first-order valence-corrected chi connectivity index (χ1v) is 10.9. The minimum atomic E-state index is -3.68. The number of aromatic nitrogens is 1. The van der Waals surface area contributed by atoms with Crippen LogP contribution >= 0.6 is 0 Å². The first-order valence-electron chi connectivity index (χ1n) is 9.47. The summed E-state index contributed by atoms with van der Waals surface area (Å²) in [7, 11) is -3.68. The predicted molar refractivity (Wildman–Crippen MR) is 110 cm³/mol. The highest BCUT2D eigenvalue weighted by Crippen LogP contribution is 2.31. The van der Waals surface area contributed by atoms with Crippen LogP contribution in [0.25, 0.3) is 11.5 Å². The molecule has 0 bridgehead atoms. The Balaban J connectivity index is 1.62. The molecular weight excluding hydrogens is 446 g/mol. The van der Waals surface area contributed by atoms with Crippen molar-refractivity contribution in [3.8, 4) is 11.5 Å². The SMILES string of the molecule is NC(=O)c1nc(-c2c(F)cccc2F)oc1Nc1ccc(S(=O)(=O)N2CCOCC2)cc1. The quantitative estimate of drug-likeness (QED) is 0.574. The molecule has 2 heterocycles. The van der Waals surface area contributed by atoms with Gasteiger partial charge in [-0.2, -0.15) is 4.31 Å². The topological polar surface area (TPSA) is 128 Å². The van der Waals surface area contributed by atoms with Crippen LogP contribution in [0, 0.1) is 11.6 Å². The Morgan fingerprint density at radius 3 is 2.28 bits per heavy atom. The van der Waals surface area contributed by atoms with E-state index in [0.29, 0.717) is 18.9 Å². The molecule has 9 nitrogen and oxygen atoms in total. The van der Waals surface area contributed by atoms with Crippen molar-refractivity contribution in [1.82, 2.24) is 9.29 Å². The van der Waals surface area contributed by atoms with Gasteiger partial charge >= 0.3 is 0 Å². The van der Waals surface area contributed by atoms with Crippen LogP contribution in [0.15, 0.2) is 51.8 Å². The molecule has 3 aromatic rings. The van der Waals surface area contributed by atoms with Crippen molar-refractivity contribution < 1.29 is 31.1 Å². The molecule has 2 aromatic carbocycles. The van der Waals surface area contributed by atoms with Gasteiger partial charge in [0.15, 0.2) is 5.69 Å². The third-order valence-corrected chi connectivity index (χ3v) is 6.67. The van der Waals surface area contributed by atoms with E-state index >= 15 is 0 Å². The maximum Gasteiger partial charge on any atom is 0.273 e. The highest BCUT2D eigenvalue weighted by atomic mass is 32.2. The molecule has 3 N–H and O–H groups in total. The first kappa shape index (κ1) is 21.9. The van der Waals surface area contributed by atoms with Gasteiger partial charge in [-0.15, -0.1) is 0 Å². The van der Waals surface area contributed by atoms with Crippen molar-refractivity contribution >= 4 is 27.5 Å². The van der Waals surface area contributed by atoms with Gasteiger partial charge in [0.25, 0.3) is 5.91 Å². The number of hydrogen-bond acceptors (Lipinski definition) is 7. The number of benzene rings is 2. The van der Waals surface area contributed by atoms with Crippen LogP contribution in [-0.4, -0.2) is 49.9 Å². The van der Waals surface area contributed by atoms with Crippen LogP contribution in [-0.2, 0) is 14.8 Å². The Morgan fingerprint density at radius 2 is 1.69 bits per heavy atom. The van der Waals surface area contributed by atoms with E-state index < -0.39 is 39.0 Å². The highest BCUT2D eigenvalue weighted by Gasteiger charge is 2.27. The molecule has 1 aliphatic rings. The monoisotopic (exact) mass is 464 g/mol. The van der Waals surface area contributed by atoms with Crippen molar-refractivity contribution in [2.75, 3.05) is 31.6 Å². The lowest BCUT2D eigenvalue weighted by atomic mass is 10.2. The normalized spacial score (nSPS) is 14.9. The number of oxazole rings is 1. The minimum absolute atomic E-state index is 0.0757. The number of amides is 1. The van der Waals surface area contributed by atoms with Gasteiger partial charge in [-0.3, -0.25) is 4.79 Å². The predicted octanol–water partition coefficient (Wildman–Crippen LogP) is 2.48. The second-order valence-electron chi connectivity index (χ2n) is 6.82. The number of nitrogens with two attached hydrogens (primary N) is 1. The molecule has 0 radical (unpaired) electrons. The Labute approximate surface area is 181 Å². The van der Waals surface area contributed by atoms with Gasteiger partial charge in [0, 0.05) is 18.8 Å². The number of morpholine rings is 1. The molecule has 4 rings (SSSR count). The summed E-state index contributed by atoms with van der Waals surface area (Å²) in [5, 5.41) is 2.74. The van der Waals surface area contributed by atoms with E-state index in [1.807, 2.05) is 0 Å². The highest BCUT2D eigenvalue weighted by molar-refractivity contribution is 7.89. The lowest BCUT2D eigenvalue weighted by Crippen LogP contribution is -2.40. The van der Waals surface area contributed by atoms with Crippen molar-refractivity contribution in [3.05, 3.63) is 59.8 Å². The van der Waals surface area contributed by atoms with E-state index in [-0.39, 0.29) is 29.6 Å². The van der Waals surface area contributed by atoms with Crippen molar-refractivity contribution in [1.29, 1.82) is 0 Å². The van der Waals surface area contributed by atoms with Gasteiger partial charge < -0.3 is 20.2 Å². The lowest BCUT2D eigenvalue weighted by molar-refractivity contribution is 0.0730. The van der Waals surface area contributed by atoms with Gasteiger partial charge in [0.2, 0.25) is 21.8 Å². The molecule has 1 saturated heterocycles. The lowest BCUT2D eigenvalue weighted by Gasteiger charge is -2.26. The maximum absolute atomic E-state index is 14.1. The number of primary amides is 1. The molecule has 32 heavy (non-hydrogen) atoms. The molecule has 1 fully saturated rings. The van der Waals surface area contributed by atoms with Gasteiger partial charge in [-0.05, 0) is 36.4 Å². The average molecular weight is 464 g/mol. The van der Waals surface area contributed by atoms with E-state index in [1.54, 1.807) is 0 Å². The second kappa shape index (κ2) is 8.65. The Hall–Kier alpha value is -3.35. The summed E-state index contributed by atoms with van der Waals surface area (Å²) < 4.78 is 65.5. The molecule has 1 aliphatic heterocycles. The van der Waals surface area contributed by atoms with E-state index in [2.05, 4.69) is 10.3 Å². The van der Waals surface area contributed by atoms with Crippen LogP contribution in [0.3, 0.4) is 0 Å². The third-order valence-electron chi connectivity index (χ3n) is 4.76. The van der Waals surface area contributed by atoms with Crippen LogP contribution in [0.1, 0.15) is 10.5 Å². The number of rotatable bonds is 6. The van der Waals surface area contributed by atoms with Gasteiger partial charge in [-0.1, -0.05) is 6.07 Å². The Bertz CT molecular complexity index is 1240. The number of ether oxygens (including phenoxy) is 1. The fourth-order valence-electron chi connectivity index (χ4n) is 3.16. The Morgan fingerprint density at radius 1 is 1.06 bits per heavy atom. The summed E-state index contributed by atoms with van der Waals surface area (Å²) in [6, 6.07) is 8.88. The molecule has 12 heteroatoms. The summed E-state index contributed by atoms with van der Waals surface area (Å²) in [6.07, 6.45) is 0. The zero-order valence-electron chi connectivity index (χ0n) is 16.5. The molecule has 1 aromatic heterocycles. The maximum atomic E-state index is 14.1. The number of nitrogens with zero attached hydrogens (tertiary/aromatic N) is 2. The number of nitrogens with one attached hydrogen (secondary N) is 1. The van der Waals surface area contributed by atoms with Crippen molar-refractivity contribution in [3.63, 3.8) is 0 Å². The van der Waals surface area contributed by atoms with E-state index in [0.717, 1.165) is 12.1 Å². The van der Waals surface area contributed by atoms with Crippen molar-refractivity contribution in [2.24, 2.45) is 5.73 Å². The second-order valence-corrected chi connectivity index (χ2v) is 8.76. The van der Waals surface area contributed by atoms with Gasteiger partial charge in [-0.25, -0.2) is 22.2 Å². The summed E-state index contributed by atoms with van der Waals surface area (Å²) in [4.78, 5) is 15.7. The van der Waals surface area contributed by atoms with Crippen molar-refractivity contribution in [2.45, 2.75) is 4.90 Å². The number of sulfonamides is 1.